The number of oxazole rings is 1. The van der Waals surface area contributed by atoms with Gasteiger partial charge in [-0.05, 0) is 54.1 Å². The van der Waals surface area contributed by atoms with E-state index in [-0.39, 0.29) is 19.1 Å². The van der Waals surface area contributed by atoms with Crippen molar-refractivity contribution in [1.82, 2.24) is 4.98 Å². The molecule has 1 aliphatic heterocycles. The fraction of sp³-hybridized carbons (Fsp3) is 0.0909. The van der Waals surface area contributed by atoms with Crippen LogP contribution in [0.2, 0.25) is 5.02 Å². The molecule has 0 unspecified atom stereocenters. The molecule has 0 atom stereocenters. The standard InChI is InChI=1S/C22H15ClN2O4/c23-15-5-7-18-17(11-15)25-22(29-18)14-2-1-3-16(10-14)24-21(26)9-13-4-6-19-20(8-13)28-12-27-19/h1-8,10-11H,9,12H2,(H,24,26). The number of hydrogen-bond donors (Lipinski definition) is 1. The Kier molecular flexibility index (Phi) is 4.33. The van der Waals surface area contributed by atoms with Crippen molar-refractivity contribution in [2.75, 3.05) is 12.1 Å². The van der Waals surface area contributed by atoms with E-state index in [1.807, 2.05) is 42.5 Å². The molecule has 3 aromatic carbocycles. The molecule has 0 fully saturated rings. The van der Waals surface area contributed by atoms with Gasteiger partial charge in [0.25, 0.3) is 0 Å². The van der Waals surface area contributed by atoms with E-state index in [9.17, 15) is 4.79 Å². The lowest BCUT2D eigenvalue weighted by Crippen LogP contribution is -2.14. The number of hydrogen-bond acceptors (Lipinski definition) is 5. The van der Waals surface area contributed by atoms with Crippen molar-refractivity contribution in [1.29, 1.82) is 0 Å². The van der Waals surface area contributed by atoms with E-state index in [2.05, 4.69) is 10.3 Å². The molecule has 0 spiro atoms. The first-order valence-corrected chi connectivity index (χ1v) is 9.37. The smallest absolute Gasteiger partial charge is 0.231 e. The van der Waals surface area contributed by atoms with Crippen molar-refractivity contribution in [2.24, 2.45) is 0 Å². The normalized spacial score (nSPS) is 12.3. The molecule has 1 aromatic heterocycles. The van der Waals surface area contributed by atoms with Gasteiger partial charge in [-0.1, -0.05) is 23.7 Å². The molecule has 2 heterocycles. The van der Waals surface area contributed by atoms with E-state index in [4.69, 9.17) is 25.5 Å². The van der Waals surface area contributed by atoms with Crippen LogP contribution in [-0.4, -0.2) is 17.7 Å². The van der Waals surface area contributed by atoms with Crippen molar-refractivity contribution >= 4 is 34.3 Å². The maximum absolute atomic E-state index is 12.5. The Morgan fingerprint density at radius 1 is 1.03 bits per heavy atom. The van der Waals surface area contributed by atoms with Gasteiger partial charge in [0.2, 0.25) is 18.6 Å². The van der Waals surface area contributed by atoms with Gasteiger partial charge in [0, 0.05) is 16.3 Å². The summed E-state index contributed by atoms with van der Waals surface area (Å²) in [6.45, 7) is 0.208. The lowest BCUT2D eigenvalue weighted by Gasteiger charge is -2.07. The summed E-state index contributed by atoms with van der Waals surface area (Å²) >= 11 is 6.01. The molecule has 1 N–H and O–H groups in total. The highest BCUT2D eigenvalue weighted by Gasteiger charge is 2.15. The summed E-state index contributed by atoms with van der Waals surface area (Å²) in [5.41, 5.74) is 3.61. The van der Waals surface area contributed by atoms with Gasteiger partial charge in [-0.25, -0.2) is 4.98 Å². The minimum Gasteiger partial charge on any atom is -0.454 e. The first-order valence-electron chi connectivity index (χ1n) is 8.99. The van der Waals surface area contributed by atoms with Crippen molar-refractivity contribution in [2.45, 2.75) is 6.42 Å². The van der Waals surface area contributed by atoms with Crippen LogP contribution >= 0.6 is 11.6 Å². The van der Waals surface area contributed by atoms with E-state index in [0.29, 0.717) is 39.2 Å². The summed E-state index contributed by atoms with van der Waals surface area (Å²) in [6.07, 6.45) is 0.224. The number of fused-ring (bicyclic) bond motifs is 2. The lowest BCUT2D eigenvalue weighted by atomic mass is 10.1. The zero-order valence-corrected chi connectivity index (χ0v) is 15.9. The summed E-state index contributed by atoms with van der Waals surface area (Å²) in [5.74, 6) is 1.69. The number of rotatable bonds is 4. The summed E-state index contributed by atoms with van der Waals surface area (Å²) in [4.78, 5) is 16.9. The van der Waals surface area contributed by atoms with Crippen LogP contribution in [0.3, 0.4) is 0 Å². The predicted octanol–water partition coefficient (Wildman–Crippen LogP) is 5.06. The third-order valence-electron chi connectivity index (χ3n) is 4.54. The Bertz CT molecular complexity index is 1230. The Labute approximate surface area is 171 Å². The number of nitrogens with one attached hydrogen (secondary N) is 1. The number of amides is 1. The highest BCUT2D eigenvalue weighted by Crippen LogP contribution is 2.33. The Balaban J connectivity index is 1.33. The number of carbonyl (C=O) groups is 1. The van der Waals surface area contributed by atoms with Crippen molar-refractivity contribution in [3.63, 3.8) is 0 Å². The molecule has 4 aromatic rings. The molecule has 29 heavy (non-hydrogen) atoms. The van der Waals surface area contributed by atoms with E-state index >= 15 is 0 Å². The van der Waals surface area contributed by atoms with Gasteiger partial charge in [0.1, 0.15) is 5.52 Å². The molecular formula is C22H15ClN2O4. The Morgan fingerprint density at radius 2 is 1.93 bits per heavy atom. The molecule has 1 aliphatic rings. The first-order chi connectivity index (χ1) is 14.1. The molecule has 0 saturated heterocycles. The fourth-order valence-electron chi connectivity index (χ4n) is 3.20. The maximum Gasteiger partial charge on any atom is 0.231 e. The largest absolute Gasteiger partial charge is 0.454 e. The number of nitrogens with zero attached hydrogens (tertiary/aromatic N) is 1. The van der Waals surface area contributed by atoms with Crippen molar-refractivity contribution in [3.8, 4) is 23.0 Å². The second-order valence-corrected chi connectivity index (χ2v) is 7.06. The molecule has 0 radical (unpaired) electrons. The van der Waals surface area contributed by atoms with Gasteiger partial charge in [-0.3, -0.25) is 4.79 Å². The van der Waals surface area contributed by atoms with Gasteiger partial charge in [-0.15, -0.1) is 0 Å². The van der Waals surface area contributed by atoms with Gasteiger partial charge in [0.15, 0.2) is 17.1 Å². The van der Waals surface area contributed by atoms with Crippen LogP contribution in [0.5, 0.6) is 11.5 Å². The first kappa shape index (κ1) is 17.6. The molecule has 0 saturated carbocycles. The van der Waals surface area contributed by atoms with Crippen LogP contribution in [-0.2, 0) is 11.2 Å². The van der Waals surface area contributed by atoms with E-state index in [1.165, 1.54) is 0 Å². The second-order valence-electron chi connectivity index (χ2n) is 6.62. The molecule has 0 aliphatic carbocycles. The number of anilines is 1. The average Bonchev–Trinajstić information content (AvgIpc) is 3.34. The van der Waals surface area contributed by atoms with E-state index < -0.39 is 0 Å². The minimum absolute atomic E-state index is 0.134. The van der Waals surface area contributed by atoms with Crippen LogP contribution in [0.4, 0.5) is 5.69 Å². The SMILES string of the molecule is O=C(Cc1ccc2c(c1)OCO2)Nc1cccc(-c2nc3cc(Cl)ccc3o2)c1. The summed E-state index contributed by atoms with van der Waals surface area (Å²) < 4.78 is 16.4. The van der Waals surface area contributed by atoms with Crippen molar-refractivity contribution in [3.05, 3.63) is 71.2 Å². The van der Waals surface area contributed by atoms with Gasteiger partial charge in [0.05, 0.1) is 6.42 Å². The quantitative estimate of drug-likeness (QED) is 0.513. The van der Waals surface area contributed by atoms with Gasteiger partial charge in [-0.2, -0.15) is 0 Å². The van der Waals surface area contributed by atoms with Crippen LogP contribution in [0.15, 0.2) is 65.1 Å². The number of benzene rings is 3. The number of aromatic nitrogens is 1. The number of carbonyl (C=O) groups excluding carboxylic acids is 1. The molecule has 5 rings (SSSR count). The number of ether oxygens (including phenoxy) is 2. The molecule has 7 heteroatoms. The highest BCUT2D eigenvalue weighted by atomic mass is 35.5. The molecular weight excluding hydrogens is 392 g/mol. The monoisotopic (exact) mass is 406 g/mol. The summed E-state index contributed by atoms with van der Waals surface area (Å²) in [7, 11) is 0. The third-order valence-corrected chi connectivity index (χ3v) is 4.78. The van der Waals surface area contributed by atoms with Crippen LogP contribution < -0.4 is 14.8 Å². The summed E-state index contributed by atoms with van der Waals surface area (Å²) in [6, 6.07) is 18.1. The zero-order chi connectivity index (χ0) is 19.8. The zero-order valence-electron chi connectivity index (χ0n) is 15.1. The fourth-order valence-corrected chi connectivity index (χ4v) is 3.36. The van der Waals surface area contributed by atoms with Gasteiger partial charge >= 0.3 is 0 Å². The summed E-state index contributed by atoms with van der Waals surface area (Å²) in [5, 5.41) is 3.51. The second kappa shape index (κ2) is 7.14. The van der Waals surface area contributed by atoms with Crippen LogP contribution in [0.1, 0.15) is 5.56 Å². The number of halogens is 1. The minimum atomic E-state index is -0.134. The topological polar surface area (TPSA) is 73.6 Å². The third kappa shape index (κ3) is 3.62. The van der Waals surface area contributed by atoms with E-state index in [1.54, 1.807) is 18.2 Å². The molecule has 144 valence electrons. The van der Waals surface area contributed by atoms with Crippen LogP contribution in [0.25, 0.3) is 22.6 Å². The average molecular weight is 407 g/mol. The Morgan fingerprint density at radius 3 is 2.86 bits per heavy atom. The lowest BCUT2D eigenvalue weighted by molar-refractivity contribution is -0.115. The van der Waals surface area contributed by atoms with E-state index in [0.717, 1.165) is 11.1 Å². The van der Waals surface area contributed by atoms with Gasteiger partial charge < -0.3 is 19.2 Å². The highest BCUT2D eigenvalue weighted by molar-refractivity contribution is 6.31. The molecule has 6 nitrogen and oxygen atoms in total. The van der Waals surface area contributed by atoms with Crippen molar-refractivity contribution < 1.29 is 18.7 Å². The molecule has 0 bridgehead atoms. The maximum atomic E-state index is 12.5. The Hall–Kier alpha value is -3.51. The predicted molar refractivity (Wildman–Crippen MR) is 109 cm³/mol. The molecule has 1 amide bonds. The van der Waals surface area contributed by atoms with Crippen LogP contribution in [0, 0.1) is 0 Å².